The van der Waals surface area contributed by atoms with Crippen LogP contribution in [-0.2, 0) is 6.42 Å². The van der Waals surface area contributed by atoms with E-state index in [1.807, 2.05) is 24.5 Å². The van der Waals surface area contributed by atoms with Crippen molar-refractivity contribution in [3.63, 3.8) is 0 Å². The van der Waals surface area contributed by atoms with Gasteiger partial charge in [0.15, 0.2) is 0 Å². The van der Waals surface area contributed by atoms with Crippen LogP contribution in [0.25, 0.3) is 66.1 Å². The van der Waals surface area contributed by atoms with Gasteiger partial charge in [0.25, 0.3) is 0 Å². The van der Waals surface area contributed by atoms with Gasteiger partial charge in [-0.25, -0.2) is 4.98 Å². The van der Waals surface area contributed by atoms with E-state index in [0.29, 0.717) is 11.8 Å². The van der Waals surface area contributed by atoms with Crippen molar-refractivity contribution in [2.75, 3.05) is 0 Å². The zero-order chi connectivity index (χ0) is 28.8. The Balaban J connectivity index is 1.03. The lowest BCUT2D eigenvalue weighted by Crippen LogP contribution is -2.20. The summed E-state index contributed by atoms with van der Waals surface area (Å²) in [6.45, 7) is 0. The molecule has 0 bridgehead atoms. The van der Waals surface area contributed by atoms with E-state index in [1.54, 1.807) is 0 Å². The van der Waals surface area contributed by atoms with E-state index in [9.17, 15) is 0 Å². The van der Waals surface area contributed by atoms with Crippen LogP contribution in [0.3, 0.4) is 0 Å². The van der Waals surface area contributed by atoms with Gasteiger partial charge in [-0.15, -0.1) is 0 Å². The Labute approximate surface area is 253 Å². The largest absolute Gasteiger partial charge is 0.456 e. The smallest absolute Gasteiger partial charge is 0.138 e. The Morgan fingerprint density at radius 2 is 1.68 bits per heavy atom. The lowest BCUT2D eigenvalue weighted by molar-refractivity contribution is 0.501. The van der Waals surface area contributed by atoms with E-state index < -0.39 is 0 Å². The van der Waals surface area contributed by atoms with Crippen LogP contribution in [0, 0.1) is 5.92 Å². The molecule has 0 N–H and O–H groups in total. The number of benzene rings is 4. The van der Waals surface area contributed by atoms with Crippen LogP contribution in [0.15, 0.2) is 132 Å². The molecule has 4 aromatic heterocycles. The maximum Gasteiger partial charge on any atom is 0.138 e. The minimum atomic E-state index is 0.371. The summed E-state index contributed by atoms with van der Waals surface area (Å²) in [5.74, 6) is 0.839. The molecule has 4 heterocycles. The summed E-state index contributed by atoms with van der Waals surface area (Å²) < 4.78 is 8.50. The first-order chi connectivity index (χ1) is 21.8. The number of pyridine rings is 2. The second kappa shape index (κ2) is 9.01. The SMILES string of the molecule is C1=CC2c3cc4c(cc3CCC2C=C1c1ccc2oc3ccc5ccccc5c3c2c1)nc1cc(-c2ccncc2)ccn14. The van der Waals surface area contributed by atoms with Crippen molar-refractivity contribution >= 4 is 55.0 Å². The number of hydrogen-bond acceptors (Lipinski definition) is 3. The van der Waals surface area contributed by atoms with Crippen molar-refractivity contribution in [3.05, 3.63) is 145 Å². The van der Waals surface area contributed by atoms with Crippen LogP contribution in [0.4, 0.5) is 0 Å². The van der Waals surface area contributed by atoms with Gasteiger partial charge >= 0.3 is 0 Å². The minimum absolute atomic E-state index is 0.371. The molecule has 0 spiro atoms. The predicted octanol–water partition coefficient (Wildman–Crippen LogP) is 9.90. The first-order valence-electron chi connectivity index (χ1n) is 15.4. The third-order valence-corrected chi connectivity index (χ3v) is 9.82. The van der Waals surface area contributed by atoms with Crippen molar-refractivity contribution in [3.8, 4) is 11.1 Å². The highest BCUT2D eigenvalue weighted by atomic mass is 16.3. The molecule has 2 aliphatic rings. The standard InChI is InChI=1S/C40H27N3O/c1-2-4-32-25(3-1)8-12-38-40(32)34-20-27(9-11-37(34)44-38)26-7-10-31-29(19-26)5-6-30-21-35-36(23-33(30)31)43-18-15-28(22-39(43)42-35)24-13-16-41-17-14-24/h1-4,7-23,29,31H,5-6H2. The van der Waals surface area contributed by atoms with Crippen molar-refractivity contribution in [1.29, 1.82) is 0 Å². The van der Waals surface area contributed by atoms with Crippen molar-refractivity contribution in [2.24, 2.45) is 5.92 Å². The normalized spacial score (nSPS) is 17.9. The van der Waals surface area contributed by atoms with Gasteiger partial charge in [-0.3, -0.25) is 9.38 Å². The average Bonchev–Trinajstić information content (AvgIpc) is 3.64. The molecule has 44 heavy (non-hydrogen) atoms. The van der Waals surface area contributed by atoms with Gasteiger partial charge in [0, 0.05) is 35.3 Å². The molecule has 0 fully saturated rings. The molecular weight excluding hydrogens is 538 g/mol. The van der Waals surface area contributed by atoms with E-state index in [4.69, 9.17) is 9.40 Å². The zero-order valence-corrected chi connectivity index (χ0v) is 23.9. The van der Waals surface area contributed by atoms with Gasteiger partial charge in [0.2, 0.25) is 0 Å². The molecule has 4 nitrogen and oxygen atoms in total. The van der Waals surface area contributed by atoms with E-state index in [2.05, 4.69) is 113 Å². The zero-order valence-electron chi connectivity index (χ0n) is 23.9. The fourth-order valence-corrected chi connectivity index (χ4v) is 7.65. The average molecular weight is 566 g/mol. The van der Waals surface area contributed by atoms with Gasteiger partial charge in [0.05, 0.1) is 11.0 Å². The summed E-state index contributed by atoms with van der Waals surface area (Å²) in [6, 6.07) is 32.6. The molecule has 0 amide bonds. The topological polar surface area (TPSA) is 43.3 Å². The lowest BCUT2D eigenvalue weighted by Gasteiger charge is -2.33. The van der Waals surface area contributed by atoms with Crippen LogP contribution in [0.5, 0.6) is 0 Å². The van der Waals surface area contributed by atoms with Gasteiger partial charge in [-0.1, -0.05) is 54.6 Å². The molecule has 0 radical (unpaired) electrons. The highest BCUT2D eigenvalue weighted by molar-refractivity contribution is 6.19. The number of allylic oxidation sites excluding steroid dienone is 4. The van der Waals surface area contributed by atoms with Gasteiger partial charge in [0.1, 0.15) is 16.8 Å². The fourth-order valence-electron chi connectivity index (χ4n) is 7.65. The summed E-state index contributed by atoms with van der Waals surface area (Å²) in [7, 11) is 0. The molecule has 2 atom stereocenters. The van der Waals surface area contributed by atoms with E-state index in [1.165, 1.54) is 49.3 Å². The lowest BCUT2D eigenvalue weighted by atomic mass is 9.71. The fraction of sp³-hybridized carbons (Fsp3) is 0.100. The number of imidazole rings is 1. The first-order valence-corrected chi connectivity index (χ1v) is 15.4. The highest BCUT2D eigenvalue weighted by Crippen LogP contribution is 2.44. The first kappa shape index (κ1) is 24.0. The predicted molar refractivity (Wildman–Crippen MR) is 179 cm³/mol. The Bertz CT molecular complexity index is 2510. The van der Waals surface area contributed by atoms with E-state index >= 15 is 0 Å². The van der Waals surface area contributed by atoms with Gasteiger partial charge < -0.3 is 4.42 Å². The Morgan fingerprint density at radius 3 is 2.64 bits per heavy atom. The highest BCUT2D eigenvalue weighted by Gasteiger charge is 2.30. The molecule has 208 valence electrons. The molecule has 4 heteroatoms. The number of aryl methyl sites for hydroxylation is 1. The third-order valence-electron chi connectivity index (χ3n) is 9.82. The van der Waals surface area contributed by atoms with E-state index in [0.717, 1.165) is 46.3 Å². The molecule has 0 saturated heterocycles. The number of rotatable bonds is 2. The van der Waals surface area contributed by atoms with Crippen LogP contribution in [-0.4, -0.2) is 14.4 Å². The number of hydrogen-bond donors (Lipinski definition) is 0. The molecule has 4 aromatic carbocycles. The number of furan rings is 1. The summed E-state index contributed by atoms with van der Waals surface area (Å²) in [5, 5.41) is 4.87. The quantitative estimate of drug-likeness (QED) is 0.209. The van der Waals surface area contributed by atoms with Crippen LogP contribution >= 0.6 is 0 Å². The Morgan fingerprint density at radius 1 is 0.773 bits per heavy atom. The van der Waals surface area contributed by atoms with Gasteiger partial charge in [-0.2, -0.15) is 0 Å². The maximum absolute atomic E-state index is 6.27. The maximum atomic E-state index is 6.27. The molecule has 2 unspecified atom stereocenters. The molecule has 0 saturated carbocycles. The van der Waals surface area contributed by atoms with Crippen LogP contribution in [0.1, 0.15) is 29.0 Å². The molecule has 0 aliphatic heterocycles. The van der Waals surface area contributed by atoms with Crippen LogP contribution in [0.2, 0.25) is 0 Å². The molecule has 10 rings (SSSR count). The summed E-state index contributed by atoms with van der Waals surface area (Å²) in [5.41, 5.74) is 12.8. The van der Waals surface area contributed by atoms with Crippen molar-refractivity contribution < 1.29 is 4.42 Å². The third kappa shape index (κ3) is 3.51. The Hall–Kier alpha value is -5.48. The number of aromatic nitrogens is 3. The Kier molecular flexibility index (Phi) is 4.92. The number of nitrogens with zero attached hydrogens (tertiary/aromatic N) is 3. The molecule has 2 aliphatic carbocycles. The van der Waals surface area contributed by atoms with Crippen LogP contribution < -0.4 is 0 Å². The second-order valence-electron chi connectivity index (χ2n) is 12.2. The summed E-state index contributed by atoms with van der Waals surface area (Å²) in [6.07, 6.45) is 15.3. The van der Waals surface area contributed by atoms with Crippen molar-refractivity contribution in [1.82, 2.24) is 14.4 Å². The molecular formula is C40H27N3O. The monoisotopic (exact) mass is 565 g/mol. The molecule has 8 aromatic rings. The summed E-state index contributed by atoms with van der Waals surface area (Å²) >= 11 is 0. The second-order valence-corrected chi connectivity index (χ2v) is 12.2. The van der Waals surface area contributed by atoms with Crippen molar-refractivity contribution in [2.45, 2.75) is 18.8 Å². The van der Waals surface area contributed by atoms with E-state index in [-0.39, 0.29) is 0 Å². The number of fused-ring (bicyclic) bond motifs is 11. The summed E-state index contributed by atoms with van der Waals surface area (Å²) in [4.78, 5) is 9.20. The van der Waals surface area contributed by atoms with Gasteiger partial charge in [-0.05, 0) is 118 Å². The minimum Gasteiger partial charge on any atom is -0.456 e.